The van der Waals surface area contributed by atoms with Crippen LogP contribution in [-0.2, 0) is 20.9 Å². The zero-order chi connectivity index (χ0) is 21.1. The first-order valence-electron chi connectivity index (χ1n) is 10.5. The quantitative estimate of drug-likeness (QED) is 0.698. The fourth-order valence-corrected chi connectivity index (χ4v) is 6.95. The molecule has 1 saturated carbocycles. The van der Waals surface area contributed by atoms with Crippen molar-refractivity contribution in [1.29, 1.82) is 0 Å². The maximum atomic E-state index is 13.1. The number of sulfonamides is 1. The number of hydrogen-bond acceptors (Lipinski definition) is 5. The predicted molar refractivity (Wildman–Crippen MR) is 102 cm³/mol. The maximum Gasteiger partial charge on any atom is 0.433 e. The Morgan fingerprint density at radius 1 is 1.10 bits per heavy atom. The number of nitrogens with zero attached hydrogens (tertiary/aromatic N) is 3. The van der Waals surface area contributed by atoms with E-state index in [0.29, 0.717) is 19.0 Å². The lowest BCUT2D eigenvalue weighted by atomic mass is 9.74. The summed E-state index contributed by atoms with van der Waals surface area (Å²) in [5.74, 6) is 0.531. The van der Waals surface area contributed by atoms with Gasteiger partial charge in [0.2, 0.25) is 10.0 Å². The highest BCUT2D eigenvalue weighted by Crippen LogP contribution is 2.47. The molecule has 3 saturated heterocycles. The molecule has 0 bridgehead atoms. The van der Waals surface area contributed by atoms with Gasteiger partial charge in [-0.25, -0.2) is 8.42 Å². The number of alkyl halides is 3. The zero-order valence-corrected chi connectivity index (χ0v) is 17.5. The lowest BCUT2D eigenvalue weighted by molar-refractivity contribution is -0.141. The predicted octanol–water partition coefficient (Wildman–Crippen LogP) is 2.71. The normalized spacial score (nSPS) is 25.8. The molecule has 30 heavy (non-hydrogen) atoms. The first-order valence-corrected chi connectivity index (χ1v) is 12.0. The fourth-order valence-electron chi connectivity index (χ4n) is 5.08. The van der Waals surface area contributed by atoms with Crippen LogP contribution in [0.3, 0.4) is 0 Å². The minimum Gasteiger partial charge on any atom is -0.381 e. The van der Waals surface area contributed by atoms with Gasteiger partial charge in [0.05, 0.1) is 0 Å². The Hall–Kier alpha value is -1.23. The summed E-state index contributed by atoms with van der Waals surface area (Å²) < 4.78 is 72.2. The van der Waals surface area contributed by atoms with E-state index in [-0.39, 0.29) is 21.8 Å². The molecule has 1 aromatic heterocycles. The van der Waals surface area contributed by atoms with Gasteiger partial charge >= 0.3 is 6.18 Å². The molecule has 6 nitrogen and oxygen atoms in total. The summed E-state index contributed by atoms with van der Waals surface area (Å²) in [5.41, 5.74) is -0.753. The van der Waals surface area contributed by atoms with Gasteiger partial charge in [-0.2, -0.15) is 17.5 Å². The van der Waals surface area contributed by atoms with Crippen molar-refractivity contribution in [1.82, 2.24) is 14.2 Å². The molecule has 0 unspecified atom stereocenters. The number of pyridine rings is 1. The van der Waals surface area contributed by atoms with Crippen molar-refractivity contribution < 1.29 is 26.3 Å². The average molecular weight is 446 g/mol. The molecule has 1 aromatic rings. The van der Waals surface area contributed by atoms with Gasteiger partial charge in [-0.3, -0.25) is 4.98 Å². The van der Waals surface area contributed by atoms with Crippen molar-refractivity contribution in [3.63, 3.8) is 0 Å². The van der Waals surface area contributed by atoms with E-state index in [1.807, 2.05) is 0 Å². The van der Waals surface area contributed by atoms with Crippen molar-refractivity contribution in [3.8, 4) is 0 Å². The lowest BCUT2D eigenvalue weighted by Crippen LogP contribution is -2.73. The van der Waals surface area contributed by atoms with Crippen molar-refractivity contribution in [3.05, 3.63) is 23.5 Å². The minimum absolute atomic E-state index is 0.00266. The van der Waals surface area contributed by atoms with E-state index in [9.17, 15) is 21.6 Å². The third-order valence-electron chi connectivity index (χ3n) is 6.82. The van der Waals surface area contributed by atoms with Crippen molar-refractivity contribution >= 4 is 10.0 Å². The minimum atomic E-state index is -4.58. The first-order chi connectivity index (χ1) is 14.2. The summed E-state index contributed by atoms with van der Waals surface area (Å²) in [7, 11) is -3.82. The van der Waals surface area contributed by atoms with E-state index in [1.165, 1.54) is 4.31 Å². The van der Waals surface area contributed by atoms with Crippen LogP contribution in [0.4, 0.5) is 13.2 Å². The fraction of sp³-hybridized carbons (Fsp3) is 0.750. The van der Waals surface area contributed by atoms with Gasteiger partial charge in [0.1, 0.15) is 10.6 Å². The van der Waals surface area contributed by atoms with Gasteiger partial charge in [0, 0.05) is 57.5 Å². The Labute approximate surface area is 174 Å². The van der Waals surface area contributed by atoms with E-state index in [1.54, 1.807) is 0 Å². The molecule has 1 spiro atoms. The van der Waals surface area contributed by atoms with Crippen LogP contribution in [0.1, 0.15) is 42.9 Å². The third kappa shape index (κ3) is 3.76. The highest BCUT2D eigenvalue weighted by molar-refractivity contribution is 7.89. The average Bonchev–Trinajstić information content (AvgIpc) is 3.47. The summed E-state index contributed by atoms with van der Waals surface area (Å²) in [6.07, 6.45) is -0.0742. The van der Waals surface area contributed by atoms with Crippen LogP contribution in [0, 0.1) is 11.3 Å². The molecule has 10 heteroatoms. The van der Waals surface area contributed by atoms with Gasteiger partial charge in [-0.1, -0.05) is 0 Å². The topological polar surface area (TPSA) is 62.7 Å². The molecule has 0 amide bonds. The Bertz CT molecular complexity index is 913. The summed E-state index contributed by atoms with van der Waals surface area (Å²) in [4.78, 5) is 5.76. The van der Waals surface area contributed by atoms with Crippen LogP contribution in [0.25, 0.3) is 0 Å². The number of likely N-dealkylation sites (tertiary alicyclic amines) is 1. The second-order valence-electron chi connectivity index (χ2n) is 9.38. The standard InChI is InChI=1S/C20H26F3N3O3S/c21-20(22,23)18-7-16(15-1-2-15)17(8-24-18)30(27,28)26-12-19(13-26)10-25(11-19)9-14-3-5-29-6-4-14/h7-8,14-15H,1-6,9-13H2. The van der Waals surface area contributed by atoms with Crippen LogP contribution >= 0.6 is 0 Å². The van der Waals surface area contributed by atoms with Crippen LogP contribution < -0.4 is 0 Å². The Morgan fingerprint density at radius 3 is 2.37 bits per heavy atom. The molecule has 0 atom stereocenters. The van der Waals surface area contributed by atoms with Crippen LogP contribution in [0.15, 0.2) is 17.2 Å². The van der Waals surface area contributed by atoms with Gasteiger partial charge < -0.3 is 9.64 Å². The highest BCUT2D eigenvalue weighted by atomic mass is 32.2. The summed E-state index contributed by atoms with van der Waals surface area (Å²) in [5, 5.41) is 0. The molecular formula is C20H26F3N3O3S. The Kier molecular flexibility index (Phi) is 4.92. The molecule has 3 aliphatic heterocycles. The SMILES string of the molecule is O=S(=O)(c1cnc(C(F)(F)F)cc1C1CC1)N1CC2(CN(CC3CCOCC3)C2)C1. The molecule has 1 aliphatic carbocycles. The third-order valence-corrected chi connectivity index (χ3v) is 8.66. The molecule has 166 valence electrons. The number of hydrogen-bond donors (Lipinski definition) is 0. The second-order valence-corrected chi connectivity index (χ2v) is 11.3. The lowest BCUT2D eigenvalue weighted by Gasteiger charge is -2.60. The molecule has 5 rings (SSSR count). The van der Waals surface area contributed by atoms with E-state index in [0.717, 1.165) is 70.8 Å². The molecule has 0 N–H and O–H groups in total. The van der Waals surface area contributed by atoms with E-state index in [4.69, 9.17) is 4.74 Å². The maximum absolute atomic E-state index is 13.1. The van der Waals surface area contributed by atoms with Crippen LogP contribution in [0.5, 0.6) is 0 Å². The van der Waals surface area contributed by atoms with Gasteiger partial charge in [0.25, 0.3) is 0 Å². The van der Waals surface area contributed by atoms with E-state index in [2.05, 4.69) is 9.88 Å². The summed E-state index contributed by atoms with van der Waals surface area (Å²) in [6, 6.07) is 0.930. The molecular weight excluding hydrogens is 419 g/mol. The second kappa shape index (κ2) is 7.15. The van der Waals surface area contributed by atoms with Gasteiger partial charge in [-0.05, 0) is 49.1 Å². The molecule has 4 fully saturated rings. The van der Waals surface area contributed by atoms with Crippen LogP contribution in [0.2, 0.25) is 0 Å². The molecule has 4 heterocycles. The highest BCUT2D eigenvalue weighted by Gasteiger charge is 2.55. The molecule has 0 radical (unpaired) electrons. The van der Waals surface area contributed by atoms with E-state index < -0.39 is 21.9 Å². The number of aromatic nitrogens is 1. The zero-order valence-electron chi connectivity index (χ0n) is 16.7. The van der Waals surface area contributed by atoms with Crippen molar-refractivity contribution in [2.45, 2.75) is 42.7 Å². The Morgan fingerprint density at radius 2 is 1.77 bits per heavy atom. The number of ether oxygens (including phenoxy) is 1. The molecule has 0 aromatic carbocycles. The monoisotopic (exact) mass is 445 g/mol. The first kappa shape index (κ1) is 20.7. The van der Waals surface area contributed by atoms with Crippen molar-refractivity contribution in [2.24, 2.45) is 11.3 Å². The van der Waals surface area contributed by atoms with Gasteiger partial charge in [0.15, 0.2) is 0 Å². The Balaban J connectivity index is 1.24. The number of rotatable bonds is 5. The largest absolute Gasteiger partial charge is 0.433 e. The number of halogens is 3. The van der Waals surface area contributed by atoms with Crippen LogP contribution in [-0.4, -0.2) is 68.5 Å². The summed E-state index contributed by atoms with van der Waals surface area (Å²) >= 11 is 0. The van der Waals surface area contributed by atoms with Crippen molar-refractivity contribution in [2.75, 3.05) is 45.9 Å². The smallest absolute Gasteiger partial charge is 0.381 e. The molecule has 4 aliphatic rings. The van der Waals surface area contributed by atoms with Gasteiger partial charge in [-0.15, -0.1) is 0 Å². The summed E-state index contributed by atoms with van der Waals surface area (Å²) in [6.45, 7) is 5.32. The van der Waals surface area contributed by atoms with E-state index >= 15 is 0 Å².